The minimum Gasteiger partial charge on any atom is -0.505 e. The molecule has 6 rings (SSSR count). The molecule has 44 heavy (non-hydrogen) atoms. The molecule has 1 saturated heterocycles. The zero-order valence-electron chi connectivity index (χ0n) is 24.4. The molecule has 1 aliphatic heterocycles. The number of anilines is 1. The number of ketones is 1. The van der Waals surface area contributed by atoms with Gasteiger partial charge in [-0.25, -0.2) is 14.8 Å². The Kier molecular flexibility index (Phi) is 7.48. The summed E-state index contributed by atoms with van der Waals surface area (Å²) in [6.07, 6.45) is 1.82. The Labute approximate surface area is 256 Å². The molecular formula is C33H28N4O6S. The molecule has 3 aromatic heterocycles. The molecule has 0 aliphatic carbocycles. The fraction of sp³-hybridized carbons (Fsp3) is 0.182. The molecule has 0 bridgehead atoms. The van der Waals surface area contributed by atoms with Crippen LogP contribution in [0, 0.1) is 20.8 Å². The molecule has 2 aromatic carbocycles. The van der Waals surface area contributed by atoms with Gasteiger partial charge in [0.05, 0.1) is 30.1 Å². The minimum atomic E-state index is -1.09. The number of imidazole rings is 1. The lowest BCUT2D eigenvalue weighted by Gasteiger charge is -2.23. The number of pyridine rings is 1. The minimum absolute atomic E-state index is 0.118. The molecule has 0 saturated carbocycles. The number of carbonyl (C=O) groups is 3. The van der Waals surface area contributed by atoms with E-state index in [1.807, 2.05) is 60.0 Å². The average molecular weight is 609 g/mol. The van der Waals surface area contributed by atoms with Gasteiger partial charge < -0.3 is 19.0 Å². The summed E-state index contributed by atoms with van der Waals surface area (Å²) in [4.78, 5) is 50.4. The molecule has 0 radical (unpaired) electrons. The SMILES string of the molecule is COC(=O)c1sc(N2C(=O)C(=O)C(=C(O)c3nc4c(C)cccn4c3C)C2c2cccc(OCc3ccccc3)c2)nc1C. The van der Waals surface area contributed by atoms with Crippen LogP contribution in [0.25, 0.3) is 11.4 Å². The summed E-state index contributed by atoms with van der Waals surface area (Å²) in [7, 11) is 1.26. The quantitative estimate of drug-likeness (QED) is 0.108. The zero-order chi connectivity index (χ0) is 31.1. The first kappa shape index (κ1) is 28.8. The number of methoxy groups -OCH3 is 1. The largest absolute Gasteiger partial charge is 0.505 e. The van der Waals surface area contributed by atoms with Gasteiger partial charge in [0.15, 0.2) is 10.9 Å². The van der Waals surface area contributed by atoms with E-state index in [4.69, 9.17) is 9.47 Å². The Morgan fingerprint density at radius 1 is 1.00 bits per heavy atom. The summed E-state index contributed by atoms with van der Waals surface area (Å²) >= 11 is 0.936. The molecule has 0 spiro atoms. The molecule has 11 heteroatoms. The van der Waals surface area contributed by atoms with Gasteiger partial charge >= 0.3 is 11.9 Å². The maximum Gasteiger partial charge on any atom is 0.350 e. The molecule has 10 nitrogen and oxygen atoms in total. The predicted octanol–water partition coefficient (Wildman–Crippen LogP) is 5.71. The third kappa shape index (κ3) is 4.90. The highest BCUT2D eigenvalue weighted by Gasteiger charge is 2.49. The first-order chi connectivity index (χ1) is 21.2. The van der Waals surface area contributed by atoms with Gasteiger partial charge in [0, 0.05) is 6.20 Å². The number of ether oxygens (including phenoxy) is 2. The van der Waals surface area contributed by atoms with Crippen molar-refractivity contribution in [3.05, 3.63) is 117 Å². The molecule has 1 unspecified atom stereocenters. The Bertz CT molecular complexity index is 1980. The van der Waals surface area contributed by atoms with Crippen LogP contribution < -0.4 is 9.64 Å². The number of hydrogen-bond acceptors (Lipinski definition) is 9. The van der Waals surface area contributed by atoms with Crippen LogP contribution >= 0.6 is 11.3 Å². The van der Waals surface area contributed by atoms with Gasteiger partial charge in [0.25, 0.3) is 5.78 Å². The van der Waals surface area contributed by atoms with Gasteiger partial charge in [-0.2, -0.15) is 0 Å². The van der Waals surface area contributed by atoms with Crippen LogP contribution in [0.1, 0.15) is 49.5 Å². The number of rotatable bonds is 7. The number of aromatic nitrogens is 3. The van der Waals surface area contributed by atoms with E-state index in [-0.39, 0.29) is 21.3 Å². The van der Waals surface area contributed by atoms with Crippen molar-refractivity contribution in [2.24, 2.45) is 0 Å². The number of aliphatic hydroxyl groups is 1. The van der Waals surface area contributed by atoms with E-state index in [1.165, 1.54) is 12.0 Å². The fourth-order valence-electron chi connectivity index (χ4n) is 5.30. The lowest BCUT2D eigenvalue weighted by Crippen LogP contribution is -2.29. The summed E-state index contributed by atoms with van der Waals surface area (Å²) in [6, 6.07) is 19.3. The van der Waals surface area contributed by atoms with Crippen LogP contribution in [0.4, 0.5) is 5.13 Å². The van der Waals surface area contributed by atoms with Crippen LogP contribution in [0.3, 0.4) is 0 Å². The summed E-state index contributed by atoms with van der Waals surface area (Å²) < 4.78 is 12.8. The van der Waals surface area contributed by atoms with Crippen LogP contribution in [0.2, 0.25) is 0 Å². The van der Waals surface area contributed by atoms with Gasteiger partial charge in [-0.1, -0.05) is 59.9 Å². The van der Waals surface area contributed by atoms with Crippen molar-refractivity contribution < 1.29 is 29.0 Å². The molecule has 1 atom stereocenters. The Morgan fingerprint density at radius 2 is 1.77 bits per heavy atom. The fourth-order valence-corrected chi connectivity index (χ4v) is 6.31. The highest BCUT2D eigenvalue weighted by molar-refractivity contribution is 7.17. The van der Waals surface area contributed by atoms with Gasteiger partial charge in [-0.3, -0.25) is 14.5 Å². The highest BCUT2D eigenvalue weighted by Crippen LogP contribution is 2.44. The van der Waals surface area contributed by atoms with Crippen LogP contribution in [0.15, 0.2) is 78.5 Å². The van der Waals surface area contributed by atoms with E-state index in [0.29, 0.717) is 35.0 Å². The van der Waals surface area contributed by atoms with Gasteiger partial charge in [0.2, 0.25) is 0 Å². The molecule has 5 aromatic rings. The first-order valence-corrected chi connectivity index (χ1v) is 14.6. The molecular weight excluding hydrogens is 580 g/mol. The number of nitrogens with zero attached hydrogens (tertiary/aromatic N) is 4. The second-order valence-electron chi connectivity index (χ2n) is 10.3. The number of aliphatic hydroxyl groups excluding tert-OH is 1. The van der Waals surface area contributed by atoms with Crippen molar-refractivity contribution in [2.45, 2.75) is 33.4 Å². The third-order valence-electron chi connectivity index (χ3n) is 7.54. The Balaban J connectivity index is 1.51. The van der Waals surface area contributed by atoms with E-state index < -0.39 is 29.5 Å². The summed E-state index contributed by atoms with van der Waals surface area (Å²) in [5, 5.41) is 11.9. The number of carbonyl (C=O) groups excluding carboxylic acids is 3. The van der Waals surface area contributed by atoms with Crippen molar-refractivity contribution in [3.8, 4) is 5.75 Å². The standard InChI is InChI=1S/C33H28N4O6S/c1-18-10-9-15-36-20(3)25(35-30(18)36)27(38)24-26(22-13-8-14-23(16-22)43-17-21-11-6-5-7-12-21)37(31(40)28(24)39)33-34-19(2)29(44-33)32(41)42-4/h5-16,26,38H,17H2,1-4H3. The van der Waals surface area contributed by atoms with Crippen LogP contribution in [0.5, 0.6) is 5.75 Å². The van der Waals surface area contributed by atoms with Gasteiger partial charge in [-0.15, -0.1) is 0 Å². The number of hydrogen-bond donors (Lipinski definition) is 1. The number of Topliss-reactive ketones (excluding diaryl/α,β-unsaturated/α-hetero) is 1. The smallest absolute Gasteiger partial charge is 0.350 e. The van der Waals surface area contributed by atoms with E-state index in [2.05, 4.69) is 9.97 Å². The summed E-state index contributed by atoms with van der Waals surface area (Å²) in [5.41, 5.74) is 3.96. The van der Waals surface area contributed by atoms with Crippen molar-refractivity contribution in [1.29, 1.82) is 0 Å². The number of esters is 1. The Morgan fingerprint density at radius 3 is 2.50 bits per heavy atom. The monoisotopic (exact) mass is 608 g/mol. The maximum atomic E-state index is 13.8. The maximum absolute atomic E-state index is 13.8. The third-order valence-corrected chi connectivity index (χ3v) is 8.67. The predicted molar refractivity (Wildman–Crippen MR) is 165 cm³/mol. The number of benzene rings is 2. The normalized spacial score (nSPS) is 16.1. The summed E-state index contributed by atoms with van der Waals surface area (Å²) in [6.45, 7) is 5.61. The topological polar surface area (TPSA) is 123 Å². The molecule has 222 valence electrons. The zero-order valence-corrected chi connectivity index (χ0v) is 25.2. The highest BCUT2D eigenvalue weighted by atomic mass is 32.1. The number of amides is 1. The lowest BCUT2D eigenvalue weighted by molar-refractivity contribution is -0.132. The Hall–Kier alpha value is -5.29. The van der Waals surface area contributed by atoms with Crippen LogP contribution in [-0.2, 0) is 20.9 Å². The van der Waals surface area contributed by atoms with Crippen molar-refractivity contribution >= 4 is 45.5 Å². The van der Waals surface area contributed by atoms with Crippen molar-refractivity contribution in [1.82, 2.24) is 14.4 Å². The second-order valence-corrected chi connectivity index (χ2v) is 11.3. The molecule has 4 heterocycles. The second kappa shape index (κ2) is 11.4. The van der Waals surface area contributed by atoms with Crippen LogP contribution in [-0.4, -0.2) is 44.2 Å². The summed E-state index contributed by atoms with van der Waals surface area (Å²) in [5.74, 6) is -2.30. The van der Waals surface area contributed by atoms with Gasteiger partial charge in [-0.05, 0) is 55.7 Å². The van der Waals surface area contributed by atoms with E-state index in [9.17, 15) is 19.5 Å². The lowest BCUT2D eigenvalue weighted by atomic mass is 9.96. The number of aryl methyl sites for hydroxylation is 3. The van der Waals surface area contributed by atoms with E-state index in [1.54, 1.807) is 38.1 Å². The van der Waals surface area contributed by atoms with Crippen molar-refractivity contribution in [2.75, 3.05) is 12.0 Å². The van der Waals surface area contributed by atoms with E-state index >= 15 is 0 Å². The molecule has 1 fully saturated rings. The first-order valence-electron chi connectivity index (χ1n) is 13.8. The number of fused-ring (bicyclic) bond motifs is 1. The average Bonchev–Trinajstić information content (AvgIpc) is 3.67. The molecule has 1 aliphatic rings. The van der Waals surface area contributed by atoms with Gasteiger partial charge in [0.1, 0.15) is 28.6 Å². The number of thiazole rings is 1. The van der Waals surface area contributed by atoms with E-state index in [0.717, 1.165) is 22.5 Å². The van der Waals surface area contributed by atoms with Crippen molar-refractivity contribution in [3.63, 3.8) is 0 Å². The molecule has 1 N–H and O–H groups in total. The molecule has 1 amide bonds.